The monoisotopic (exact) mass is 291 g/mol. The summed E-state index contributed by atoms with van der Waals surface area (Å²) in [5.74, 6) is 1.04. The SMILES string of the molecule is COc1ccccc1C(O)c1c(OC)c(OC)cc[n+]1[O-]. The van der Waals surface area contributed by atoms with Crippen LogP contribution in [0.1, 0.15) is 17.4 Å². The first-order valence-electron chi connectivity index (χ1n) is 6.29. The lowest BCUT2D eigenvalue weighted by molar-refractivity contribution is -0.618. The van der Waals surface area contributed by atoms with Crippen molar-refractivity contribution in [3.63, 3.8) is 0 Å². The smallest absolute Gasteiger partial charge is 0.272 e. The lowest BCUT2D eigenvalue weighted by atomic mass is 10.0. The number of pyridine rings is 1. The molecule has 21 heavy (non-hydrogen) atoms. The summed E-state index contributed by atoms with van der Waals surface area (Å²) in [5.41, 5.74) is 0.512. The Kier molecular flexibility index (Phi) is 4.49. The molecule has 6 heteroatoms. The molecule has 0 bridgehead atoms. The van der Waals surface area contributed by atoms with E-state index in [1.165, 1.54) is 33.6 Å². The molecule has 0 fully saturated rings. The molecule has 2 rings (SSSR count). The van der Waals surface area contributed by atoms with Gasteiger partial charge in [-0.25, -0.2) is 0 Å². The quantitative estimate of drug-likeness (QED) is 0.666. The molecule has 0 radical (unpaired) electrons. The van der Waals surface area contributed by atoms with E-state index in [1.54, 1.807) is 24.3 Å². The Labute approximate surface area is 122 Å². The van der Waals surface area contributed by atoms with Gasteiger partial charge in [0, 0.05) is 11.6 Å². The van der Waals surface area contributed by atoms with E-state index in [-0.39, 0.29) is 11.4 Å². The molecular formula is C15H17NO5. The van der Waals surface area contributed by atoms with E-state index in [0.717, 1.165) is 0 Å². The number of ether oxygens (including phenoxy) is 3. The Bertz CT molecular complexity index is 629. The van der Waals surface area contributed by atoms with Crippen molar-refractivity contribution in [2.45, 2.75) is 6.10 Å². The number of hydrogen-bond donors (Lipinski definition) is 1. The zero-order valence-electron chi connectivity index (χ0n) is 12.1. The third-order valence-electron chi connectivity index (χ3n) is 3.17. The van der Waals surface area contributed by atoms with Crippen LogP contribution in [0.15, 0.2) is 36.5 Å². The molecule has 0 amide bonds. The Morgan fingerprint density at radius 1 is 1.00 bits per heavy atom. The molecule has 0 saturated carbocycles. The number of para-hydroxylation sites is 1. The fraction of sp³-hybridized carbons (Fsp3) is 0.267. The van der Waals surface area contributed by atoms with Gasteiger partial charge in [-0.3, -0.25) is 0 Å². The fourth-order valence-corrected chi connectivity index (χ4v) is 2.17. The third-order valence-corrected chi connectivity index (χ3v) is 3.17. The predicted octanol–water partition coefficient (Wildman–Crippen LogP) is 1.43. The maximum absolute atomic E-state index is 12.1. The third kappa shape index (κ3) is 2.71. The van der Waals surface area contributed by atoms with Crippen LogP contribution in [-0.2, 0) is 0 Å². The van der Waals surface area contributed by atoms with Crippen LogP contribution in [0.25, 0.3) is 0 Å². The number of methoxy groups -OCH3 is 3. The predicted molar refractivity (Wildman–Crippen MR) is 75.6 cm³/mol. The zero-order valence-corrected chi connectivity index (χ0v) is 12.1. The molecule has 1 atom stereocenters. The number of hydrogen-bond acceptors (Lipinski definition) is 5. The van der Waals surface area contributed by atoms with Gasteiger partial charge in [0.15, 0.2) is 18.1 Å². The lowest BCUT2D eigenvalue weighted by Crippen LogP contribution is -2.34. The first kappa shape index (κ1) is 14.9. The highest BCUT2D eigenvalue weighted by Gasteiger charge is 2.29. The lowest BCUT2D eigenvalue weighted by Gasteiger charge is -2.17. The zero-order chi connectivity index (χ0) is 15.4. The van der Waals surface area contributed by atoms with Crippen molar-refractivity contribution >= 4 is 0 Å². The van der Waals surface area contributed by atoms with Crippen LogP contribution in [0, 0.1) is 5.21 Å². The number of benzene rings is 1. The van der Waals surface area contributed by atoms with Crippen LogP contribution in [0.2, 0.25) is 0 Å². The molecule has 0 aliphatic carbocycles. The van der Waals surface area contributed by atoms with Crippen LogP contribution in [0.4, 0.5) is 0 Å². The Hall–Kier alpha value is -2.47. The molecule has 0 aliphatic heterocycles. The summed E-state index contributed by atoms with van der Waals surface area (Å²) in [7, 11) is 4.38. The van der Waals surface area contributed by atoms with Gasteiger partial charge in [0.1, 0.15) is 5.75 Å². The normalized spacial score (nSPS) is 11.8. The van der Waals surface area contributed by atoms with Gasteiger partial charge in [-0.15, -0.1) is 0 Å². The van der Waals surface area contributed by atoms with Crippen molar-refractivity contribution in [2.75, 3.05) is 21.3 Å². The summed E-state index contributed by atoms with van der Waals surface area (Å²) in [6.07, 6.45) is 0.0543. The minimum Gasteiger partial charge on any atom is -0.618 e. The van der Waals surface area contributed by atoms with Crippen molar-refractivity contribution in [3.8, 4) is 17.2 Å². The van der Waals surface area contributed by atoms with Gasteiger partial charge in [-0.2, -0.15) is 4.73 Å². The number of aliphatic hydroxyl groups excluding tert-OH is 1. The van der Waals surface area contributed by atoms with E-state index in [1.807, 2.05) is 0 Å². The van der Waals surface area contributed by atoms with Gasteiger partial charge >= 0.3 is 0 Å². The van der Waals surface area contributed by atoms with Gasteiger partial charge in [0.05, 0.1) is 21.3 Å². The van der Waals surface area contributed by atoms with Crippen molar-refractivity contribution < 1.29 is 24.0 Å². The summed E-state index contributed by atoms with van der Waals surface area (Å²) in [6.45, 7) is 0. The topological polar surface area (TPSA) is 74.9 Å². The average molecular weight is 291 g/mol. The summed E-state index contributed by atoms with van der Waals surface area (Å²) >= 11 is 0. The van der Waals surface area contributed by atoms with Crippen molar-refractivity contribution in [1.29, 1.82) is 0 Å². The van der Waals surface area contributed by atoms with Crippen molar-refractivity contribution in [2.24, 2.45) is 0 Å². The molecule has 0 saturated heterocycles. The molecule has 0 spiro atoms. The molecule has 2 aromatic rings. The maximum Gasteiger partial charge on any atom is 0.272 e. The Morgan fingerprint density at radius 3 is 2.29 bits per heavy atom. The van der Waals surface area contributed by atoms with E-state index < -0.39 is 6.10 Å². The van der Waals surface area contributed by atoms with E-state index in [9.17, 15) is 10.3 Å². The van der Waals surface area contributed by atoms with E-state index in [0.29, 0.717) is 21.8 Å². The van der Waals surface area contributed by atoms with Crippen LogP contribution < -0.4 is 18.9 Å². The van der Waals surface area contributed by atoms with Crippen molar-refractivity contribution in [3.05, 3.63) is 53.0 Å². The molecule has 1 aromatic carbocycles. The highest BCUT2D eigenvalue weighted by Crippen LogP contribution is 2.37. The van der Waals surface area contributed by atoms with E-state index in [4.69, 9.17) is 14.2 Å². The Morgan fingerprint density at radius 2 is 1.67 bits per heavy atom. The van der Waals surface area contributed by atoms with Gasteiger partial charge in [-0.05, 0) is 6.07 Å². The summed E-state index contributed by atoms with van der Waals surface area (Å²) in [5, 5.41) is 22.6. The van der Waals surface area contributed by atoms with Crippen LogP contribution in [0.5, 0.6) is 17.2 Å². The van der Waals surface area contributed by atoms with Crippen LogP contribution in [0.3, 0.4) is 0 Å². The average Bonchev–Trinajstić information content (AvgIpc) is 2.53. The van der Waals surface area contributed by atoms with Gasteiger partial charge in [0.2, 0.25) is 5.75 Å². The molecule has 1 heterocycles. The largest absolute Gasteiger partial charge is 0.618 e. The number of aliphatic hydroxyl groups is 1. The summed E-state index contributed by atoms with van der Waals surface area (Å²) in [6, 6.07) is 8.40. The molecule has 0 aliphatic rings. The second kappa shape index (κ2) is 6.32. The number of aromatic nitrogens is 1. The fourth-order valence-electron chi connectivity index (χ4n) is 2.17. The molecule has 1 N–H and O–H groups in total. The Balaban J connectivity index is 2.60. The standard InChI is InChI=1S/C15H17NO5/c1-19-11-7-5-4-6-10(11)14(17)13-15(21-3)12(20-2)8-9-16(13)18/h4-9,14,17H,1-3H3. The van der Waals surface area contributed by atoms with Gasteiger partial charge in [0.25, 0.3) is 5.69 Å². The van der Waals surface area contributed by atoms with Crippen LogP contribution in [-0.4, -0.2) is 26.4 Å². The molecule has 6 nitrogen and oxygen atoms in total. The molecule has 1 unspecified atom stereocenters. The van der Waals surface area contributed by atoms with Gasteiger partial charge < -0.3 is 24.5 Å². The molecule has 1 aromatic heterocycles. The minimum absolute atomic E-state index is 0.0429. The van der Waals surface area contributed by atoms with Crippen LogP contribution >= 0.6 is 0 Å². The van der Waals surface area contributed by atoms with Gasteiger partial charge in [-0.1, -0.05) is 18.2 Å². The van der Waals surface area contributed by atoms with E-state index in [2.05, 4.69) is 0 Å². The minimum atomic E-state index is -1.20. The maximum atomic E-state index is 12.1. The first-order valence-corrected chi connectivity index (χ1v) is 6.29. The second-order valence-corrected chi connectivity index (χ2v) is 4.27. The second-order valence-electron chi connectivity index (χ2n) is 4.27. The first-order chi connectivity index (χ1) is 10.1. The number of rotatable bonds is 5. The summed E-state index contributed by atoms with van der Waals surface area (Å²) < 4.78 is 16.1. The molecule has 112 valence electrons. The van der Waals surface area contributed by atoms with E-state index >= 15 is 0 Å². The number of nitrogens with zero attached hydrogens (tertiary/aromatic N) is 1. The summed E-state index contributed by atoms with van der Waals surface area (Å²) in [4.78, 5) is 0. The van der Waals surface area contributed by atoms with Crippen molar-refractivity contribution in [1.82, 2.24) is 0 Å². The highest BCUT2D eigenvalue weighted by molar-refractivity contribution is 5.46. The molecular weight excluding hydrogens is 274 g/mol. The highest BCUT2D eigenvalue weighted by atomic mass is 16.5.